The van der Waals surface area contributed by atoms with Crippen molar-refractivity contribution >= 4 is 0 Å². The van der Waals surface area contributed by atoms with Gasteiger partial charge in [0.2, 0.25) is 5.79 Å². The normalized spacial score (nSPS) is 35.6. The Morgan fingerprint density at radius 3 is 2.68 bits per heavy atom. The third-order valence-corrected chi connectivity index (χ3v) is 9.57. The number of likely N-dealkylation sites (N-methyl/N-ethyl adjacent to an activating group) is 1. The minimum Gasteiger partial charge on any atom is -0.490 e. The van der Waals surface area contributed by atoms with Crippen molar-refractivity contribution in [1.82, 2.24) is 4.90 Å². The van der Waals surface area contributed by atoms with E-state index in [1.807, 2.05) is 6.08 Å². The number of methoxy groups -OCH3 is 2. The maximum Gasteiger partial charge on any atom is 0.206 e. The molecule has 3 fully saturated rings. The van der Waals surface area contributed by atoms with Gasteiger partial charge in [-0.15, -0.1) is 6.58 Å². The van der Waals surface area contributed by atoms with Crippen molar-refractivity contribution in [3.05, 3.63) is 35.9 Å². The van der Waals surface area contributed by atoms with E-state index in [1.54, 1.807) is 14.2 Å². The first-order chi connectivity index (χ1) is 16.5. The standard InChI is InChI=1S/C28H39NO5/c1-6-8-16-32-21-12-11-20-17-26(29(3)18-19-9-10-19)27(33-15-7-2)14-13-25(30-4,31-5)24-28(26,27)22(20)23(21)34-24/h7,11-12,19,24H,2,6,8-10,13-18H2,1,3-5H3/t24?,26-,27+,28?/m0/s1. The third-order valence-electron chi connectivity index (χ3n) is 9.57. The second-order valence-corrected chi connectivity index (χ2v) is 10.9. The summed E-state index contributed by atoms with van der Waals surface area (Å²) in [5.41, 5.74) is 1.72. The van der Waals surface area contributed by atoms with Crippen molar-refractivity contribution in [3.63, 3.8) is 0 Å². The fourth-order valence-corrected chi connectivity index (χ4v) is 8.05. The minimum absolute atomic E-state index is 0.190. The lowest BCUT2D eigenvalue weighted by atomic mass is 9.76. The van der Waals surface area contributed by atoms with Gasteiger partial charge in [0.05, 0.1) is 24.2 Å². The molecule has 1 spiro atoms. The molecule has 0 aromatic heterocycles. The zero-order chi connectivity index (χ0) is 23.8. The van der Waals surface area contributed by atoms with Gasteiger partial charge >= 0.3 is 0 Å². The average molecular weight is 470 g/mol. The summed E-state index contributed by atoms with van der Waals surface area (Å²) in [5.74, 6) is 1.67. The monoisotopic (exact) mass is 469 g/mol. The zero-order valence-electron chi connectivity index (χ0n) is 21.2. The Labute approximate surface area is 203 Å². The first kappa shape index (κ1) is 22.8. The predicted octanol–water partition coefficient (Wildman–Crippen LogP) is 4.24. The second-order valence-electron chi connectivity index (χ2n) is 10.9. The van der Waals surface area contributed by atoms with Crippen molar-refractivity contribution in [3.8, 4) is 11.5 Å². The van der Waals surface area contributed by atoms with Crippen LogP contribution in [0, 0.1) is 5.92 Å². The van der Waals surface area contributed by atoms with E-state index in [0.29, 0.717) is 13.2 Å². The van der Waals surface area contributed by atoms with Gasteiger partial charge in [0.25, 0.3) is 0 Å². The fourth-order valence-electron chi connectivity index (χ4n) is 8.05. The van der Waals surface area contributed by atoms with E-state index >= 15 is 0 Å². The lowest BCUT2D eigenvalue weighted by molar-refractivity contribution is -0.277. The topological polar surface area (TPSA) is 49.4 Å². The fraction of sp³-hybridized carbons (Fsp3) is 0.714. The van der Waals surface area contributed by atoms with Crippen LogP contribution in [0.4, 0.5) is 0 Å². The van der Waals surface area contributed by atoms with E-state index in [9.17, 15) is 0 Å². The Morgan fingerprint density at radius 2 is 2.00 bits per heavy atom. The van der Waals surface area contributed by atoms with Crippen molar-refractivity contribution in [1.29, 1.82) is 0 Å². The van der Waals surface area contributed by atoms with Crippen molar-refractivity contribution in [2.24, 2.45) is 5.92 Å². The zero-order valence-corrected chi connectivity index (χ0v) is 21.2. The molecule has 186 valence electrons. The number of hydrogen-bond acceptors (Lipinski definition) is 6. The predicted molar refractivity (Wildman–Crippen MR) is 130 cm³/mol. The average Bonchev–Trinajstić information content (AvgIpc) is 3.66. The van der Waals surface area contributed by atoms with Gasteiger partial charge < -0.3 is 23.7 Å². The molecule has 6 heteroatoms. The Morgan fingerprint density at radius 1 is 1.21 bits per heavy atom. The van der Waals surface area contributed by atoms with Crippen LogP contribution in [0.2, 0.25) is 0 Å². The van der Waals surface area contributed by atoms with E-state index in [0.717, 1.165) is 56.1 Å². The number of hydrogen-bond donors (Lipinski definition) is 0. The van der Waals surface area contributed by atoms with Gasteiger partial charge in [-0.25, -0.2) is 0 Å². The highest BCUT2D eigenvalue weighted by Gasteiger charge is 3.00. The molecule has 6 rings (SSSR count). The molecule has 0 bridgehead atoms. The summed E-state index contributed by atoms with van der Waals surface area (Å²) < 4.78 is 32.4. The summed E-state index contributed by atoms with van der Waals surface area (Å²) in [6, 6.07) is 4.36. The molecule has 4 atom stereocenters. The molecule has 6 nitrogen and oxygen atoms in total. The molecule has 3 saturated carbocycles. The maximum atomic E-state index is 6.92. The molecule has 0 amide bonds. The van der Waals surface area contributed by atoms with Gasteiger partial charge in [0, 0.05) is 32.7 Å². The summed E-state index contributed by atoms with van der Waals surface area (Å²) in [6.07, 6.45) is 8.86. The number of benzene rings is 1. The van der Waals surface area contributed by atoms with E-state index in [2.05, 4.69) is 37.6 Å². The highest BCUT2D eigenvalue weighted by molar-refractivity contribution is 5.75. The van der Waals surface area contributed by atoms with Crippen LogP contribution in [0.25, 0.3) is 0 Å². The summed E-state index contributed by atoms with van der Waals surface area (Å²) in [7, 11) is 5.79. The summed E-state index contributed by atoms with van der Waals surface area (Å²) in [4.78, 5) is 2.61. The molecule has 1 aromatic carbocycles. The minimum atomic E-state index is -0.829. The van der Waals surface area contributed by atoms with E-state index in [4.69, 9.17) is 23.7 Å². The molecular formula is C28H39NO5. The molecule has 1 aliphatic heterocycles. The number of unbranched alkanes of at least 4 members (excludes halogenated alkanes) is 1. The van der Waals surface area contributed by atoms with Crippen LogP contribution in [0.1, 0.15) is 56.6 Å². The summed E-state index contributed by atoms with van der Waals surface area (Å²) >= 11 is 0. The van der Waals surface area contributed by atoms with E-state index in [-0.39, 0.29) is 22.7 Å². The molecule has 0 radical (unpaired) electrons. The van der Waals surface area contributed by atoms with Gasteiger partial charge in [-0.3, -0.25) is 4.90 Å². The molecule has 4 aliphatic carbocycles. The number of ether oxygens (including phenoxy) is 5. The Hall–Kier alpha value is -1.60. The van der Waals surface area contributed by atoms with Crippen molar-refractivity contribution in [2.75, 3.05) is 41.0 Å². The summed E-state index contributed by atoms with van der Waals surface area (Å²) in [6.45, 7) is 8.45. The van der Waals surface area contributed by atoms with Crippen molar-refractivity contribution in [2.45, 2.75) is 80.3 Å². The lowest BCUT2D eigenvalue weighted by Crippen LogP contribution is -2.59. The number of rotatable bonds is 12. The lowest BCUT2D eigenvalue weighted by Gasteiger charge is -2.44. The van der Waals surface area contributed by atoms with E-state index in [1.165, 1.54) is 24.0 Å². The Balaban J connectivity index is 1.53. The SMILES string of the molecule is C=CCO[C@@]12CCC(OC)(OC)C3Oc4c(OCCCC)ccc5c4C31[C@]2(N(C)CC1CC1)C5. The van der Waals surface area contributed by atoms with Crippen LogP contribution in [0.5, 0.6) is 11.5 Å². The van der Waals surface area contributed by atoms with Crippen LogP contribution in [-0.2, 0) is 26.0 Å². The van der Waals surface area contributed by atoms with Crippen LogP contribution in [0.3, 0.4) is 0 Å². The Kier molecular flexibility index (Phi) is 5.17. The maximum absolute atomic E-state index is 6.92. The van der Waals surface area contributed by atoms with Crippen molar-refractivity contribution < 1.29 is 23.7 Å². The molecule has 1 aromatic rings. The first-order valence-corrected chi connectivity index (χ1v) is 13.0. The first-order valence-electron chi connectivity index (χ1n) is 13.0. The van der Waals surface area contributed by atoms with Gasteiger partial charge in [-0.2, -0.15) is 0 Å². The Bertz CT molecular complexity index is 987. The van der Waals surface area contributed by atoms with Crippen LogP contribution in [0.15, 0.2) is 24.8 Å². The number of nitrogens with zero attached hydrogens (tertiary/aromatic N) is 1. The van der Waals surface area contributed by atoms with E-state index < -0.39 is 5.79 Å². The van der Waals surface area contributed by atoms with Gasteiger partial charge in [-0.1, -0.05) is 25.5 Å². The quantitative estimate of drug-likeness (QED) is 0.259. The summed E-state index contributed by atoms with van der Waals surface area (Å²) in [5, 5.41) is 0. The van der Waals surface area contributed by atoms with Gasteiger partial charge in [0.15, 0.2) is 17.6 Å². The largest absolute Gasteiger partial charge is 0.490 e. The number of fused-ring (bicyclic) bond motifs is 1. The van der Waals surface area contributed by atoms with Crippen LogP contribution >= 0.6 is 0 Å². The molecule has 1 heterocycles. The third kappa shape index (κ3) is 2.46. The van der Waals surface area contributed by atoms with Crippen LogP contribution < -0.4 is 9.47 Å². The highest BCUT2D eigenvalue weighted by Crippen LogP contribution is 2.85. The highest BCUT2D eigenvalue weighted by atomic mass is 16.7. The second kappa shape index (κ2) is 7.70. The van der Waals surface area contributed by atoms with Crippen LogP contribution in [-0.4, -0.2) is 69.0 Å². The molecule has 0 N–H and O–H groups in total. The molecular weight excluding hydrogens is 430 g/mol. The molecule has 2 unspecified atom stereocenters. The van der Waals surface area contributed by atoms with Gasteiger partial charge in [-0.05, 0) is 56.7 Å². The smallest absolute Gasteiger partial charge is 0.206 e. The molecule has 34 heavy (non-hydrogen) atoms. The molecule has 0 saturated heterocycles. The molecule has 5 aliphatic rings. The van der Waals surface area contributed by atoms with Gasteiger partial charge in [0.1, 0.15) is 5.60 Å².